The maximum atomic E-state index is 6.61. The van der Waals surface area contributed by atoms with Crippen molar-refractivity contribution >= 4 is 11.8 Å². The third kappa shape index (κ3) is 3.35. The summed E-state index contributed by atoms with van der Waals surface area (Å²) in [6.07, 6.45) is 4.46. The third-order valence-electron chi connectivity index (χ3n) is 9.50. The van der Waals surface area contributed by atoms with E-state index in [1.54, 1.807) is 0 Å². The fourth-order valence-electron chi connectivity index (χ4n) is 7.66. The minimum atomic E-state index is -0.450. The predicted molar refractivity (Wildman–Crippen MR) is 177 cm³/mol. The van der Waals surface area contributed by atoms with Gasteiger partial charge in [-0.05, 0) is 62.7 Å². The molecule has 6 aromatic carbocycles. The second kappa shape index (κ2) is 9.08. The smallest absolute Gasteiger partial charge is 0.132 e. The van der Waals surface area contributed by atoms with Gasteiger partial charge in [-0.2, -0.15) is 0 Å². The Kier molecular flexibility index (Phi) is 5.13. The number of anilines is 1. The van der Waals surface area contributed by atoms with Crippen LogP contribution in [0.25, 0.3) is 39.5 Å². The highest BCUT2D eigenvalue weighted by Gasteiger charge is 2.50. The van der Waals surface area contributed by atoms with E-state index in [0.29, 0.717) is 0 Å². The zero-order valence-corrected chi connectivity index (χ0v) is 23.9. The summed E-state index contributed by atoms with van der Waals surface area (Å²) in [5.41, 5.74) is 14.6. The molecule has 2 nitrogen and oxygen atoms in total. The van der Waals surface area contributed by atoms with Gasteiger partial charge in [0.05, 0.1) is 11.1 Å². The number of rotatable bonds is 2. The Morgan fingerprint density at radius 3 is 1.91 bits per heavy atom. The van der Waals surface area contributed by atoms with Crippen molar-refractivity contribution in [3.8, 4) is 44.9 Å². The molecule has 2 heteroatoms. The molecule has 6 aromatic rings. The van der Waals surface area contributed by atoms with Gasteiger partial charge in [0, 0.05) is 30.3 Å². The molecule has 3 aliphatic rings. The molecule has 0 aromatic heterocycles. The van der Waals surface area contributed by atoms with Crippen molar-refractivity contribution in [2.45, 2.75) is 5.41 Å². The summed E-state index contributed by atoms with van der Waals surface area (Å²) in [6.45, 7) is 0.927. The van der Waals surface area contributed by atoms with Crippen LogP contribution in [0.2, 0.25) is 0 Å². The minimum Gasteiger partial charge on any atom is -0.457 e. The minimum absolute atomic E-state index is 0.450. The van der Waals surface area contributed by atoms with Crippen molar-refractivity contribution in [3.05, 3.63) is 167 Å². The highest BCUT2D eigenvalue weighted by Crippen LogP contribution is 2.62. The summed E-state index contributed by atoms with van der Waals surface area (Å²) in [5, 5.41) is 0. The molecule has 0 radical (unpaired) electrons. The summed E-state index contributed by atoms with van der Waals surface area (Å²) in [6, 6.07) is 48.7. The highest BCUT2D eigenvalue weighted by atomic mass is 16.5. The Hall–Kier alpha value is -5.34. The average Bonchev–Trinajstić information content (AvgIpc) is 3.36. The maximum Gasteiger partial charge on any atom is 0.132 e. The second-order valence-corrected chi connectivity index (χ2v) is 11.8. The summed E-state index contributed by atoms with van der Waals surface area (Å²) in [4.78, 5) is 2.33. The molecule has 1 aliphatic carbocycles. The molecule has 9 rings (SSSR count). The van der Waals surface area contributed by atoms with Crippen LogP contribution in [0.1, 0.15) is 27.8 Å². The second-order valence-electron chi connectivity index (χ2n) is 11.8. The lowest BCUT2D eigenvalue weighted by atomic mass is 9.66. The number of ether oxygens (including phenoxy) is 1. The molecule has 0 fully saturated rings. The van der Waals surface area contributed by atoms with Crippen LogP contribution in [-0.4, -0.2) is 13.6 Å². The van der Waals surface area contributed by atoms with Crippen molar-refractivity contribution in [2.75, 3.05) is 18.5 Å². The number of hydrogen-bond donors (Lipinski definition) is 0. The quantitative estimate of drug-likeness (QED) is 0.212. The average molecular weight is 552 g/mol. The van der Waals surface area contributed by atoms with Gasteiger partial charge in [0.25, 0.3) is 0 Å². The Morgan fingerprint density at radius 2 is 1.14 bits per heavy atom. The summed E-state index contributed by atoms with van der Waals surface area (Å²) >= 11 is 0. The van der Waals surface area contributed by atoms with Crippen LogP contribution in [0.15, 0.2) is 140 Å². The SMILES string of the molecule is CN1CC=Cc2cccc(-c3ccc(-c4ccc5c(c4)C4(c6ccccc6O5)c5ccccc5-c5ccccc54)cc3)c21. The zero-order chi connectivity index (χ0) is 28.5. The molecule has 204 valence electrons. The topological polar surface area (TPSA) is 12.5 Å². The molecule has 2 heterocycles. The van der Waals surface area contributed by atoms with Crippen molar-refractivity contribution in [3.63, 3.8) is 0 Å². The maximum absolute atomic E-state index is 6.61. The van der Waals surface area contributed by atoms with E-state index in [4.69, 9.17) is 4.74 Å². The van der Waals surface area contributed by atoms with Crippen LogP contribution in [0.3, 0.4) is 0 Å². The first kappa shape index (κ1) is 24.3. The largest absolute Gasteiger partial charge is 0.457 e. The highest BCUT2D eigenvalue weighted by molar-refractivity contribution is 5.90. The van der Waals surface area contributed by atoms with Gasteiger partial charge >= 0.3 is 0 Å². The first-order valence-corrected chi connectivity index (χ1v) is 15.0. The van der Waals surface area contributed by atoms with Crippen molar-refractivity contribution in [1.82, 2.24) is 0 Å². The van der Waals surface area contributed by atoms with Crippen molar-refractivity contribution in [2.24, 2.45) is 0 Å². The van der Waals surface area contributed by atoms with E-state index >= 15 is 0 Å². The van der Waals surface area contributed by atoms with Gasteiger partial charge in [0.2, 0.25) is 0 Å². The van der Waals surface area contributed by atoms with Gasteiger partial charge in [-0.25, -0.2) is 0 Å². The molecular formula is C41H29NO. The van der Waals surface area contributed by atoms with E-state index in [2.05, 4.69) is 158 Å². The summed E-state index contributed by atoms with van der Waals surface area (Å²) in [5.74, 6) is 1.84. The van der Waals surface area contributed by atoms with E-state index in [-0.39, 0.29) is 0 Å². The number of hydrogen-bond acceptors (Lipinski definition) is 2. The predicted octanol–water partition coefficient (Wildman–Crippen LogP) is 9.95. The fraction of sp³-hybridized carbons (Fsp3) is 0.0732. The molecular weight excluding hydrogens is 522 g/mol. The molecule has 0 saturated carbocycles. The van der Waals surface area contributed by atoms with Crippen LogP contribution in [-0.2, 0) is 5.41 Å². The molecule has 0 N–H and O–H groups in total. The standard InChI is InChI=1S/C41H29NO/c1-42-25-9-11-29-10-8-14-31(40(29)42)28-21-19-27(20-22-28)30-23-24-39-37(26-30)41(36-17-6-7-18-38(36)43-39)34-15-4-2-12-32(34)33-13-3-5-16-35(33)41/h2-24,26H,25H2,1H3. The Labute approximate surface area is 252 Å². The van der Waals surface area contributed by atoms with Gasteiger partial charge in [0.1, 0.15) is 11.5 Å². The number of para-hydroxylation sites is 2. The van der Waals surface area contributed by atoms with Gasteiger partial charge in [0.15, 0.2) is 0 Å². The molecule has 1 spiro atoms. The number of nitrogens with zero attached hydrogens (tertiary/aromatic N) is 1. The number of benzene rings is 6. The Bertz CT molecular complexity index is 2060. The molecule has 0 unspecified atom stereocenters. The monoisotopic (exact) mass is 551 g/mol. The molecule has 0 atom stereocenters. The first-order chi connectivity index (χ1) is 21.2. The van der Waals surface area contributed by atoms with Crippen molar-refractivity contribution < 1.29 is 4.74 Å². The first-order valence-electron chi connectivity index (χ1n) is 15.0. The van der Waals surface area contributed by atoms with E-state index in [0.717, 1.165) is 18.0 Å². The third-order valence-corrected chi connectivity index (χ3v) is 9.50. The van der Waals surface area contributed by atoms with Crippen LogP contribution in [0.4, 0.5) is 5.69 Å². The van der Waals surface area contributed by atoms with Crippen LogP contribution in [0.5, 0.6) is 11.5 Å². The van der Waals surface area contributed by atoms with E-state index in [1.165, 1.54) is 66.9 Å². The molecule has 43 heavy (non-hydrogen) atoms. The lowest BCUT2D eigenvalue weighted by Gasteiger charge is -2.39. The van der Waals surface area contributed by atoms with E-state index in [9.17, 15) is 0 Å². The van der Waals surface area contributed by atoms with Crippen LogP contribution >= 0.6 is 0 Å². The van der Waals surface area contributed by atoms with Gasteiger partial charge in [-0.15, -0.1) is 0 Å². The number of fused-ring (bicyclic) bond motifs is 10. The normalized spacial score (nSPS) is 14.8. The van der Waals surface area contributed by atoms with Crippen LogP contribution < -0.4 is 9.64 Å². The summed E-state index contributed by atoms with van der Waals surface area (Å²) in [7, 11) is 2.17. The molecule has 0 saturated heterocycles. The van der Waals surface area contributed by atoms with Gasteiger partial charge in [-0.1, -0.05) is 127 Å². The summed E-state index contributed by atoms with van der Waals surface area (Å²) < 4.78 is 6.61. The number of likely N-dealkylation sites (N-methyl/N-ethyl adjacent to an activating group) is 1. The zero-order valence-electron chi connectivity index (χ0n) is 23.9. The fourth-order valence-corrected chi connectivity index (χ4v) is 7.66. The van der Waals surface area contributed by atoms with Crippen LogP contribution in [0, 0.1) is 0 Å². The molecule has 2 aliphatic heterocycles. The van der Waals surface area contributed by atoms with E-state index in [1.807, 2.05) is 0 Å². The van der Waals surface area contributed by atoms with Gasteiger partial charge in [-0.3, -0.25) is 0 Å². The van der Waals surface area contributed by atoms with Gasteiger partial charge < -0.3 is 9.64 Å². The molecule has 0 amide bonds. The lowest BCUT2D eigenvalue weighted by Crippen LogP contribution is -2.32. The molecule has 0 bridgehead atoms. The van der Waals surface area contributed by atoms with Crippen molar-refractivity contribution in [1.29, 1.82) is 0 Å². The Balaban J connectivity index is 1.22. The Morgan fingerprint density at radius 1 is 0.535 bits per heavy atom. The van der Waals surface area contributed by atoms with E-state index < -0.39 is 5.41 Å². The lowest BCUT2D eigenvalue weighted by molar-refractivity contribution is 0.436.